The number of rotatable bonds is 9. The van der Waals surface area contributed by atoms with Crippen LogP contribution in [-0.4, -0.2) is 41.2 Å². The van der Waals surface area contributed by atoms with Crippen molar-refractivity contribution in [3.8, 4) is 0 Å². The molecular weight excluding hydrogens is 521 g/mol. The van der Waals surface area contributed by atoms with Crippen molar-refractivity contribution in [3.05, 3.63) is 75.8 Å². The van der Waals surface area contributed by atoms with E-state index in [9.17, 15) is 14.4 Å². The molecule has 0 radical (unpaired) electrons. The summed E-state index contributed by atoms with van der Waals surface area (Å²) in [5, 5.41) is 5.95. The van der Waals surface area contributed by atoms with Crippen molar-refractivity contribution in [1.29, 1.82) is 0 Å². The number of nitrogens with zero attached hydrogens (tertiary/aromatic N) is 2. The van der Waals surface area contributed by atoms with Gasteiger partial charge in [0, 0.05) is 36.5 Å². The highest BCUT2D eigenvalue weighted by Crippen LogP contribution is 2.37. The molecule has 3 amide bonds. The molecule has 198 valence electrons. The van der Waals surface area contributed by atoms with Crippen molar-refractivity contribution in [3.63, 3.8) is 0 Å². The van der Waals surface area contributed by atoms with E-state index in [0.29, 0.717) is 28.6 Å². The molecule has 0 saturated heterocycles. The highest BCUT2D eigenvalue weighted by molar-refractivity contribution is 6.42. The largest absolute Gasteiger partial charge is 0.352 e. The molecule has 8 heteroatoms. The van der Waals surface area contributed by atoms with Crippen LogP contribution >= 0.6 is 23.2 Å². The van der Waals surface area contributed by atoms with E-state index in [1.807, 2.05) is 42.5 Å². The van der Waals surface area contributed by atoms with Crippen LogP contribution in [-0.2, 0) is 16.1 Å². The molecule has 6 nitrogen and oxygen atoms in total. The summed E-state index contributed by atoms with van der Waals surface area (Å²) in [7, 11) is 0. The van der Waals surface area contributed by atoms with Gasteiger partial charge in [0.05, 0.1) is 15.7 Å². The first-order chi connectivity index (χ1) is 18.3. The molecule has 0 bridgehead atoms. The highest BCUT2D eigenvalue weighted by atomic mass is 35.5. The van der Waals surface area contributed by atoms with Gasteiger partial charge < -0.3 is 15.1 Å². The summed E-state index contributed by atoms with van der Waals surface area (Å²) in [6.07, 6.45) is 4.84. The number of benzene rings is 3. The number of anilines is 1. The maximum atomic E-state index is 13.5. The molecule has 5 rings (SSSR count). The molecule has 1 aliphatic heterocycles. The van der Waals surface area contributed by atoms with Gasteiger partial charge in [-0.15, -0.1) is 0 Å². The minimum Gasteiger partial charge on any atom is -0.352 e. The normalized spacial score (nSPS) is 15.8. The van der Waals surface area contributed by atoms with Gasteiger partial charge in [-0.25, -0.2) is 0 Å². The molecule has 38 heavy (non-hydrogen) atoms. The first-order valence-corrected chi connectivity index (χ1v) is 14.0. The minimum atomic E-state index is -0.649. The van der Waals surface area contributed by atoms with E-state index in [2.05, 4.69) is 5.32 Å². The smallest absolute Gasteiger partial charge is 0.258 e. The third-order valence-corrected chi connectivity index (χ3v) is 8.37. The van der Waals surface area contributed by atoms with Gasteiger partial charge in [0.1, 0.15) is 6.04 Å². The molecule has 3 aromatic carbocycles. The van der Waals surface area contributed by atoms with E-state index in [4.69, 9.17) is 23.2 Å². The fraction of sp³-hybridized carbons (Fsp3) is 0.367. The Balaban J connectivity index is 1.28. The zero-order chi connectivity index (χ0) is 26.8. The predicted molar refractivity (Wildman–Crippen MR) is 152 cm³/mol. The highest BCUT2D eigenvalue weighted by Gasteiger charge is 2.31. The lowest BCUT2D eigenvalue weighted by atomic mass is 10.1. The van der Waals surface area contributed by atoms with E-state index in [1.165, 1.54) is 0 Å². The van der Waals surface area contributed by atoms with Gasteiger partial charge in [0.25, 0.3) is 5.91 Å². The number of hydrogen-bond donors (Lipinski definition) is 1. The second-order valence-corrected chi connectivity index (χ2v) is 11.0. The number of halogens is 2. The summed E-state index contributed by atoms with van der Waals surface area (Å²) in [5.41, 5.74) is 2.38. The first-order valence-electron chi connectivity index (χ1n) is 13.2. The van der Waals surface area contributed by atoms with Crippen LogP contribution in [0.15, 0.2) is 54.6 Å². The summed E-state index contributed by atoms with van der Waals surface area (Å²) in [5.74, 6) is -0.337. The summed E-state index contributed by atoms with van der Waals surface area (Å²) < 4.78 is 0. The third-order valence-electron chi connectivity index (χ3n) is 7.63. The van der Waals surface area contributed by atoms with Crippen LogP contribution in [0.2, 0.25) is 10.0 Å². The lowest BCUT2D eigenvalue weighted by Crippen LogP contribution is -2.49. The van der Waals surface area contributed by atoms with Crippen LogP contribution in [0.25, 0.3) is 10.8 Å². The van der Waals surface area contributed by atoms with E-state index in [0.717, 1.165) is 47.7 Å². The zero-order valence-corrected chi connectivity index (χ0v) is 22.9. The van der Waals surface area contributed by atoms with Crippen molar-refractivity contribution >= 4 is 57.4 Å². The monoisotopic (exact) mass is 551 g/mol. The molecule has 1 saturated carbocycles. The van der Waals surface area contributed by atoms with Gasteiger partial charge in [-0.05, 0) is 61.4 Å². The van der Waals surface area contributed by atoms with Crippen LogP contribution in [0.5, 0.6) is 0 Å². The zero-order valence-electron chi connectivity index (χ0n) is 21.4. The fourth-order valence-electron chi connectivity index (χ4n) is 5.54. The van der Waals surface area contributed by atoms with Crippen LogP contribution in [0.4, 0.5) is 5.69 Å². The van der Waals surface area contributed by atoms with Gasteiger partial charge in [0.2, 0.25) is 11.8 Å². The molecule has 3 aromatic rings. The number of nitrogens with one attached hydrogen (secondary N) is 1. The molecule has 2 aliphatic rings. The fourth-order valence-corrected chi connectivity index (χ4v) is 5.86. The summed E-state index contributed by atoms with van der Waals surface area (Å²) in [6, 6.07) is 16.4. The van der Waals surface area contributed by atoms with E-state index in [1.54, 1.807) is 28.9 Å². The Kier molecular flexibility index (Phi) is 7.91. The van der Waals surface area contributed by atoms with Crippen molar-refractivity contribution < 1.29 is 14.4 Å². The lowest BCUT2D eigenvalue weighted by molar-refractivity contribution is -0.141. The summed E-state index contributed by atoms with van der Waals surface area (Å²) >= 11 is 12.3. The van der Waals surface area contributed by atoms with Crippen LogP contribution < -0.4 is 10.2 Å². The van der Waals surface area contributed by atoms with Crippen LogP contribution in [0, 0.1) is 0 Å². The molecule has 0 spiro atoms. The van der Waals surface area contributed by atoms with E-state index >= 15 is 0 Å². The third kappa shape index (κ3) is 5.38. The quantitative estimate of drug-likeness (QED) is 0.336. The Morgan fingerprint density at radius 3 is 2.53 bits per heavy atom. The van der Waals surface area contributed by atoms with Gasteiger partial charge in [0.15, 0.2) is 0 Å². The van der Waals surface area contributed by atoms with Gasteiger partial charge >= 0.3 is 0 Å². The molecule has 0 unspecified atom stereocenters. The maximum Gasteiger partial charge on any atom is 0.258 e. The van der Waals surface area contributed by atoms with Crippen molar-refractivity contribution in [2.45, 2.75) is 64.1 Å². The molecule has 1 heterocycles. The van der Waals surface area contributed by atoms with Crippen molar-refractivity contribution in [2.75, 3.05) is 11.4 Å². The topological polar surface area (TPSA) is 69.7 Å². The SMILES string of the molecule is C[C@@H](C(=O)NC1CCCC1)N(Cc1ccc(Cl)c(Cl)c1)C(=O)CCCN1C(=O)c2cccc3cccc1c23. The lowest BCUT2D eigenvalue weighted by Gasteiger charge is -2.30. The van der Waals surface area contributed by atoms with Crippen LogP contribution in [0.3, 0.4) is 0 Å². The van der Waals surface area contributed by atoms with E-state index in [-0.39, 0.29) is 36.7 Å². The second-order valence-electron chi connectivity index (χ2n) is 10.2. The molecule has 1 N–H and O–H groups in total. The predicted octanol–water partition coefficient (Wildman–Crippen LogP) is 6.36. The first kappa shape index (κ1) is 26.5. The standard InChI is InChI=1S/C30H31Cl2N3O3/c1-19(29(37)33-22-9-2-3-10-22)35(18-20-14-15-24(31)25(32)17-20)27(36)13-6-16-34-26-12-5-8-21-7-4-11-23(28(21)26)30(34)38/h4-5,7-8,11-12,14-15,17,19,22H,2-3,6,9-10,13,16,18H2,1H3,(H,33,37)/t19-/m0/s1. The molecule has 1 fully saturated rings. The van der Waals surface area contributed by atoms with Crippen LogP contribution in [0.1, 0.15) is 61.4 Å². The molecule has 1 aliphatic carbocycles. The molecule has 1 atom stereocenters. The summed E-state index contributed by atoms with van der Waals surface area (Å²) in [6.45, 7) is 2.42. The Labute approximate surface area is 232 Å². The van der Waals surface area contributed by atoms with E-state index < -0.39 is 6.04 Å². The summed E-state index contributed by atoms with van der Waals surface area (Å²) in [4.78, 5) is 43.1. The second kappa shape index (κ2) is 11.3. The average molecular weight is 553 g/mol. The van der Waals surface area contributed by atoms with Crippen molar-refractivity contribution in [1.82, 2.24) is 10.2 Å². The Bertz CT molecular complexity index is 1380. The Hall–Kier alpha value is -3.09. The number of carbonyl (C=O) groups is 3. The van der Waals surface area contributed by atoms with Gasteiger partial charge in [-0.2, -0.15) is 0 Å². The molecular formula is C30H31Cl2N3O3. The Morgan fingerprint density at radius 2 is 1.79 bits per heavy atom. The Morgan fingerprint density at radius 1 is 1.05 bits per heavy atom. The number of hydrogen-bond acceptors (Lipinski definition) is 3. The molecule has 0 aromatic heterocycles. The maximum absolute atomic E-state index is 13.5. The minimum absolute atomic E-state index is 0.0405. The van der Waals surface area contributed by atoms with Gasteiger partial charge in [-0.1, -0.05) is 66.4 Å². The number of amides is 3. The number of carbonyl (C=O) groups excluding carboxylic acids is 3. The van der Waals surface area contributed by atoms with Crippen molar-refractivity contribution in [2.24, 2.45) is 0 Å². The average Bonchev–Trinajstić information content (AvgIpc) is 3.52. The van der Waals surface area contributed by atoms with Gasteiger partial charge in [-0.3, -0.25) is 14.4 Å².